The smallest absolute Gasteiger partial charge is 0.299 e. The normalized spacial score (nSPS) is 10.5. The van der Waals surface area contributed by atoms with E-state index < -0.39 is 0 Å². The van der Waals surface area contributed by atoms with Crippen molar-refractivity contribution in [3.63, 3.8) is 0 Å². The average Bonchev–Trinajstić information content (AvgIpc) is 2.45. The lowest BCUT2D eigenvalue weighted by molar-refractivity contribution is 0.342. The molecule has 106 valence electrons. The summed E-state index contributed by atoms with van der Waals surface area (Å²) in [4.78, 5) is 16.1. The molecule has 5 nitrogen and oxygen atoms in total. The molecule has 0 fully saturated rings. The Balaban J connectivity index is 1.93. The molecule has 0 saturated heterocycles. The molecular formula is C15H19N3O2. The summed E-state index contributed by atoms with van der Waals surface area (Å²) in [6.45, 7) is 3.76. The Kier molecular flexibility index (Phi) is 4.90. The van der Waals surface area contributed by atoms with E-state index in [2.05, 4.69) is 22.4 Å². The van der Waals surface area contributed by atoms with Crippen molar-refractivity contribution in [3.8, 4) is 6.01 Å². The molecule has 0 aliphatic rings. The van der Waals surface area contributed by atoms with Crippen LogP contribution in [0.2, 0.25) is 0 Å². The van der Waals surface area contributed by atoms with Crippen LogP contribution in [0.1, 0.15) is 11.3 Å². The molecule has 0 aliphatic heterocycles. The van der Waals surface area contributed by atoms with Crippen LogP contribution in [0, 0.1) is 6.92 Å². The maximum Gasteiger partial charge on any atom is 0.299 e. The Labute approximate surface area is 118 Å². The van der Waals surface area contributed by atoms with Gasteiger partial charge in [-0.05, 0) is 12.5 Å². The van der Waals surface area contributed by atoms with Gasteiger partial charge < -0.3 is 10.1 Å². The van der Waals surface area contributed by atoms with Gasteiger partial charge in [-0.25, -0.2) is 4.98 Å². The molecule has 0 radical (unpaired) electrons. The predicted octanol–water partition coefficient (Wildman–Crippen LogP) is 1.35. The van der Waals surface area contributed by atoms with Crippen molar-refractivity contribution in [3.05, 3.63) is 58.0 Å². The van der Waals surface area contributed by atoms with E-state index in [0.29, 0.717) is 24.8 Å². The van der Waals surface area contributed by atoms with E-state index in [1.54, 1.807) is 6.92 Å². The fourth-order valence-electron chi connectivity index (χ4n) is 1.98. The molecule has 1 N–H and O–H groups in total. The molecule has 0 amide bonds. The molecule has 2 rings (SSSR count). The molecule has 0 saturated carbocycles. The number of hydrogen-bond acceptors (Lipinski definition) is 4. The first kappa shape index (κ1) is 14.3. The first-order chi connectivity index (χ1) is 9.70. The highest BCUT2D eigenvalue weighted by molar-refractivity contribution is 5.14. The molecule has 1 aromatic carbocycles. The number of benzene rings is 1. The van der Waals surface area contributed by atoms with E-state index in [-0.39, 0.29) is 5.56 Å². The summed E-state index contributed by atoms with van der Waals surface area (Å²) < 4.78 is 6.68. The largest absolute Gasteiger partial charge is 0.468 e. The zero-order valence-electron chi connectivity index (χ0n) is 11.8. The molecule has 1 aromatic heterocycles. The van der Waals surface area contributed by atoms with E-state index in [9.17, 15) is 4.79 Å². The van der Waals surface area contributed by atoms with Crippen molar-refractivity contribution >= 4 is 0 Å². The lowest BCUT2D eigenvalue weighted by atomic mass is 10.2. The zero-order valence-corrected chi connectivity index (χ0v) is 11.8. The van der Waals surface area contributed by atoms with Crippen LogP contribution in [0.3, 0.4) is 0 Å². The third kappa shape index (κ3) is 3.68. The Morgan fingerprint density at radius 1 is 1.30 bits per heavy atom. The quantitative estimate of drug-likeness (QED) is 0.807. The zero-order chi connectivity index (χ0) is 14.4. The van der Waals surface area contributed by atoms with Gasteiger partial charge in [0.1, 0.15) is 0 Å². The lowest BCUT2D eigenvalue weighted by Gasteiger charge is -2.11. The minimum absolute atomic E-state index is 0.0872. The van der Waals surface area contributed by atoms with Crippen molar-refractivity contribution in [1.29, 1.82) is 0 Å². The Bertz CT molecular complexity index is 608. The maximum absolute atomic E-state index is 11.9. The van der Waals surface area contributed by atoms with Crippen molar-refractivity contribution in [1.82, 2.24) is 14.9 Å². The molecule has 5 heteroatoms. The number of aromatic nitrogens is 2. The van der Waals surface area contributed by atoms with Gasteiger partial charge in [-0.2, -0.15) is 0 Å². The summed E-state index contributed by atoms with van der Waals surface area (Å²) >= 11 is 0. The van der Waals surface area contributed by atoms with Crippen LogP contribution in [0.25, 0.3) is 0 Å². The fraction of sp³-hybridized carbons (Fsp3) is 0.333. The van der Waals surface area contributed by atoms with Crippen molar-refractivity contribution < 1.29 is 4.74 Å². The maximum atomic E-state index is 11.9. The van der Waals surface area contributed by atoms with Crippen molar-refractivity contribution in [2.45, 2.75) is 20.0 Å². The topological polar surface area (TPSA) is 56.1 Å². The highest BCUT2D eigenvalue weighted by atomic mass is 16.5. The predicted molar refractivity (Wildman–Crippen MR) is 77.9 cm³/mol. The molecule has 20 heavy (non-hydrogen) atoms. The second-order valence-electron chi connectivity index (χ2n) is 4.54. The number of nitrogens with one attached hydrogen (secondary N) is 1. The van der Waals surface area contributed by atoms with Crippen molar-refractivity contribution in [2.75, 3.05) is 13.7 Å². The third-order valence-electron chi connectivity index (χ3n) is 2.97. The second kappa shape index (κ2) is 6.86. The summed E-state index contributed by atoms with van der Waals surface area (Å²) in [6.07, 6.45) is 0. The van der Waals surface area contributed by atoms with E-state index in [4.69, 9.17) is 4.74 Å². The molecule has 1 heterocycles. The summed E-state index contributed by atoms with van der Waals surface area (Å²) in [6, 6.07) is 12.0. The number of methoxy groups -OCH3 is 1. The summed E-state index contributed by atoms with van der Waals surface area (Å²) in [5, 5.41) is 3.30. The van der Waals surface area contributed by atoms with Crippen LogP contribution in [0.4, 0.5) is 0 Å². The Hall–Kier alpha value is -2.14. The van der Waals surface area contributed by atoms with Gasteiger partial charge >= 0.3 is 0 Å². The van der Waals surface area contributed by atoms with Gasteiger partial charge in [0.2, 0.25) is 0 Å². The van der Waals surface area contributed by atoms with E-state index in [1.165, 1.54) is 23.3 Å². The molecule has 0 bridgehead atoms. The van der Waals surface area contributed by atoms with E-state index in [1.807, 2.05) is 18.2 Å². The number of aryl methyl sites for hydroxylation is 1. The Morgan fingerprint density at radius 3 is 2.75 bits per heavy atom. The fourth-order valence-corrected chi connectivity index (χ4v) is 1.98. The highest BCUT2D eigenvalue weighted by Gasteiger charge is 2.06. The van der Waals surface area contributed by atoms with Gasteiger partial charge in [-0.15, -0.1) is 0 Å². The first-order valence-electron chi connectivity index (χ1n) is 6.58. The monoisotopic (exact) mass is 273 g/mol. The van der Waals surface area contributed by atoms with Gasteiger partial charge in [0.25, 0.3) is 11.6 Å². The third-order valence-corrected chi connectivity index (χ3v) is 2.97. The van der Waals surface area contributed by atoms with Crippen LogP contribution in [0.5, 0.6) is 6.01 Å². The first-order valence-corrected chi connectivity index (χ1v) is 6.58. The van der Waals surface area contributed by atoms with Gasteiger partial charge in [0, 0.05) is 31.4 Å². The van der Waals surface area contributed by atoms with Crippen LogP contribution in [0.15, 0.2) is 41.2 Å². The summed E-state index contributed by atoms with van der Waals surface area (Å²) in [5.74, 6) is 0. The molecule has 0 atom stereocenters. The van der Waals surface area contributed by atoms with Crippen LogP contribution < -0.4 is 15.6 Å². The number of hydrogen-bond donors (Lipinski definition) is 1. The van der Waals surface area contributed by atoms with Gasteiger partial charge in [0.05, 0.1) is 7.11 Å². The SMILES string of the molecule is COc1nc(C)cc(=O)n1CCNCc1ccccc1. The standard InChI is InChI=1S/C15H19N3O2/c1-12-10-14(19)18(15(17-12)20-2)9-8-16-11-13-6-4-3-5-7-13/h3-7,10,16H,8-9,11H2,1-2H3. The van der Waals surface area contributed by atoms with Gasteiger partial charge in [-0.1, -0.05) is 30.3 Å². The van der Waals surface area contributed by atoms with Gasteiger partial charge in [0.15, 0.2) is 0 Å². The van der Waals surface area contributed by atoms with Crippen molar-refractivity contribution in [2.24, 2.45) is 0 Å². The minimum Gasteiger partial charge on any atom is -0.468 e. The minimum atomic E-state index is -0.0872. The molecule has 0 unspecified atom stereocenters. The van der Waals surface area contributed by atoms with Crippen LogP contribution in [-0.2, 0) is 13.1 Å². The lowest BCUT2D eigenvalue weighted by Crippen LogP contribution is -2.28. The number of rotatable bonds is 6. The van der Waals surface area contributed by atoms with E-state index in [0.717, 1.165) is 6.54 Å². The van der Waals surface area contributed by atoms with E-state index >= 15 is 0 Å². The molecule has 0 aliphatic carbocycles. The Morgan fingerprint density at radius 2 is 2.05 bits per heavy atom. The molecular weight excluding hydrogens is 254 g/mol. The highest BCUT2D eigenvalue weighted by Crippen LogP contribution is 2.03. The average molecular weight is 273 g/mol. The van der Waals surface area contributed by atoms with Gasteiger partial charge in [-0.3, -0.25) is 9.36 Å². The van der Waals surface area contributed by atoms with Crippen LogP contribution >= 0.6 is 0 Å². The number of ether oxygens (including phenoxy) is 1. The summed E-state index contributed by atoms with van der Waals surface area (Å²) in [5.41, 5.74) is 1.80. The van der Waals surface area contributed by atoms with Crippen LogP contribution in [-0.4, -0.2) is 23.2 Å². The summed E-state index contributed by atoms with van der Waals surface area (Å²) in [7, 11) is 1.52. The molecule has 2 aromatic rings. The second-order valence-corrected chi connectivity index (χ2v) is 4.54. The molecule has 0 spiro atoms. The number of nitrogens with zero attached hydrogens (tertiary/aromatic N) is 2.